The van der Waals surface area contributed by atoms with E-state index in [1.165, 1.54) is 0 Å². The molecule has 1 rings (SSSR count). The summed E-state index contributed by atoms with van der Waals surface area (Å²) in [5.41, 5.74) is 1.85. The lowest BCUT2D eigenvalue weighted by atomic mass is 9.96. The molecule has 1 nitrogen and oxygen atoms in total. The van der Waals surface area contributed by atoms with Crippen molar-refractivity contribution < 1.29 is 5.11 Å². The van der Waals surface area contributed by atoms with Crippen LogP contribution in [-0.2, 0) is 0 Å². The van der Waals surface area contributed by atoms with Gasteiger partial charge in [-0.1, -0.05) is 43.3 Å². The van der Waals surface area contributed by atoms with Crippen molar-refractivity contribution in [2.45, 2.75) is 6.92 Å². The fourth-order valence-electron chi connectivity index (χ4n) is 1.20. The number of hydrogen-bond acceptors (Lipinski definition) is 1. The molecular formula is C11H12ClO. The normalized spacial score (nSPS) is 10.5. The number of halogens is 1. The predicted molar refractivity (Wildman–Crippen MR) is 56.6 cm³/mol. The first kappa shape index (κ1) is 10.3. The van der Waals surface area contributed by atoms with Crippen LogP contribution in [0.25, 0.3) is 6.08 Å². The summed E-state index contributed by atoms with van der Waals surface area (Å²) in [5.74, 6) is 0.900. The molecule has 69 valence electrons. The first-order valence-corrected chi connectivity index (χ1v) is 4.43. The molecule has 1 radical (unpaired) electrons. The molecule has 0 atom stereocenters. The van der Waals surface area contributed by atoms with E-state index in [0.29, 0.717) is 5.02 Å². The van der Waals surface area contributed by atoms with E-state index in [1.807, 2.05) is 25.1 Å². The molecular weight excluding hydrogens is 184 g/mol. The van der Waals surface area contributed by atoms with Gasteiger partial charge < -0.3 is 5.11 Å². The van der Waals surface area contributed by atoms with Gasteiger partial charge in [0.2, 0.25) is 0 Å². The molecule has 0 aliphatic carbocycles. The minimum Gasteiger partial charge on any atom is -0.395 e. The highest BCUT2D eigenvalue weighted by atomic mass is 35.5. The molecule has 0 saturated heterocycles. The Kier molecular flexibility index (Phi) is 3.52. The van der Waals surface area contributed by atoms with Crippen molar-refractivity contribution in [2.24, 2.45) is 0 Å². The molecule has 0 bridgehead atoms. The van der Waals surface area contributed by atoms with Gasteiger partial charge >= 0.3 is 0 Å². The first-order valence-electron chi connectivity index (χ1n) is 4.05. The minimum absolute atomic E-state index is 0.0428. The fourth-order valence-corrected chi connectivity index (χ4v) is 1.45. The lowest BCUT2D eigenvalue weighted by Gasteiger charge is -2.12. The van der Waals surface area contributed by atoms with E-state index in [4.69, 9.17) is 16.7 Å². The van der Waals surface area contributed by atoms with E-state index in [1.54, 1.807) is 6.08 Å². The summed E-state index contributed by atoms with van der Waals surface area (Å²) in [5, 5.41) is 9.65. The fraction of sp³-hybridized carbons (Fsp3) is 0.182. The molecule has 0 spiro atoms. The van der Waals surface area contributed by atoms with Gasteiger partial charge in [0, 0.05) is 10.9 Å². The Morgan fingerprint density at radius 1 is 1.62 bits per heavy atom. The third kappa shape index (κ3) is 2.11. The van der Waals surface area contributed by atoms with Crippen LogP contribution in [0.3, 0.4) is 0 Å². The van der Waals surface area contributed by atoms with Crippen molar-refractivity contribution >= 4 is 17.7 Å². The van der Waals surface area contributed by atoms with Gasteiger partial charge in [-0.25, -0.2) is 0 Å². The summed E-state index contributed by atoms with van der Waals surface area (Å²) < 4.78 is 0. The minimum atomic E-state index is 0.0428. The summed E-state index contributed by atoms with van der Waals surface area (Å²) in [6.07, 6.45) is 1.71. The Bertz CT molecular complexity index is 307. The predicted octanol–water partition coefficient (Wildman–Crippen LogP) is 2.92. The van der Waals surface area contributed by atoms with Gasteiger partial charge in [0.15, 0.2) is 0 Å². The highest BCUT2D eigenvalue weighted by Crippen LogP contribution is 2.26. The summed E-state index contributed by atoms with van der Waals surface area (Å²) in [6.45, 7) is 5.61. The zero-order valence-electron chi connectivity index (χ0n) is 7.55. The Balaban J connectivity index is 3.19. The lowest BCUT2D eigenvalue weighted by Crippen LogP contribution is -2.02. The van der Waals surface area contributed by atoms with Gasteiger partial charge in [0.1, 0.15) is 0 Å². The molecule has 0 heterocycles. The molecule has 0 aliphatic rings. The first-order chi connectivity index (χ1) is 6.20. The standard InChI is InChI=1S/C11H12ClO/c1-3-9-10(8(2)7-13)5-4-6-11(9)12/h3-6,13H,1,7H2,2H3. The lowest BCUT2D eigenvalue weighted by molar-refractivity contribution is 0.315. The Morgan fingerprint density at radius 3 is 2.85 bits per heavy atom. The summed E-state index contributed by atoms with van der Waals surface area (Å²) >= 11 is 5.96. The van der Waals surface area contributed by atoms with Crippen molar-refractivity contribution in [3.8, 4) is 0 Å². The van der Waals surface area contributed by atoms with E-state index in [-0.39, 0.29) is 6.61 Å². The van der Waals surface area contributed by atoms with E-state index in [0.717, 1.165) is 17.0 Å². The van der Waals surface area contributed by atoms with Crippen LogP contribution in [0, 0.1) is 5.92 Å². The van der Waals surface area contributed by atoms with Crippen LogP contribution < -0.4 is 0 Å². The third-order valence-electron chi connectivity index (χ3n) is 1.95. The van der Waals surface area contributed by atoms with E-state index in [2.05, 4.69) is 6.58 Å². The van der Waals surface area contributed by atoms with Crippen molar-refractivity contribution in [2.75, 3.05) is 6.61 Å². The maximum atomic E-state index is 8.98. The zero-order valence-corrected chi connectivity index (χ0v) is 8.30. The molecule has 0 amide bonds. The van der Waals surface area contributed by atoms with Crippen LogP contribution in [0.4, 0.5) is 0 Å². The van der Waals surface area contributed by atoms with Crippen LogP contribution in [0.1, 0.15) is 18.1 Å². The second-order valence-corrected chi connectivity index (χ2v) is 3.25. The van der Waals surface area contributed by atoms with Crippen molar-refractivity contribution in [3.63, 3.8) is 0 Å². The van der Waals surface area contributed by atoms with Gasteiger partial charge in [0.25, 0.3) is 0 Å². The largest absolute Gasteiger partial charge is 0.395 e. The number of aliphatic hydroxyl groups is 1. The Hall–Kier alpha value is -0.790. The van der Waals surface area contributed by atoms with Gasteiger partial charge in [-0.15, -0.1) is 0 Å². The van der Waals surface area contributed by atoms with Crippen LogP contribution in [-0.4, -0.2) is 11.7 Å². The number of benzene rings is 1. The average Bonchev–Trinajstić information content (AvgIpc) is 2.16. The molecule has 13 heavy (non-hydrogen) atoms. The second-order valence-electron chi connectivity index (χ2n) is 2.84. The van der Waals surface area contributed by atoms with Crippen molar-refractivity contribution in [3.05, 3.63) is 46.8 Å². The molecule has 2 heteroatoms. The summed E-state index contributed by atoms with van der Waals surface area (Å²) in [6, 6.07) is 5.60. The van der Waals surface area contributed by atoms with Gasteiger partial charge in [-0.3, -0.25) is 0 Å². The molecule has 1 aromatic carbocycles. The van der Waals surface area contributed by atoms with Crippen LogP contribution >= 0.6 is 11.6 Å². The average molecular weight is 196 g/mol. The monoisotopic (exact) mass is 195 g/mol. The van der Waals surface area contributed by atoms with Crippen molar-refractivity contribution in [1.82, 2.24) is 0 Å². The number of hydrogen-bond donors (Lipinski definition) is 1. The molecule has 1 aromatic rings. The second kappa shape index (κ2) is 4.45. The number of rotatable bonds is 3. The Morgan fingerprint density at radius 2 is 2.31 bits per heavy atom. The van der Waals surface area contributed by atoms with Gasteiger partial charge in [0.05, 0.1) is 6.61 Å². The third-order valence-corrected chi connectivity index (χ3v) is 2.28. The van der Waals surface area contributed by atoms with Crippen LogP contribution in [0.15, 0.2) is 24.8 Å². The molecule has 0 aromatic heterocycles. The topological polar surface area (TPSA) is 20.2 Å². The van der Waals surface area contributed by atoms with E-state index < -0.39 is 0 Å². The van der Waals surface area contributed by atoms with E-state index >= 15 is 0 Å². The number of aliphatic hydroxyl groups excluding tert-OH is 1. The molecule has 0 aliphatic heterocycles. The summed E-state index contributed by atoms with van der Waals surface area (Å²) in [7, 11) is 0. The molecule has 0 fully saturated rings. The van der Waals surface area contributed by atoms with Crippen LogP contribution in [0.5, 0.6) is 0 Å². The maximum absolute atomic E-state index is 8.98. The summed E-state index contributed by atoms with van der Waals surface area (Å²) in [4.78, 5) is 0. The smallest absolute Gasteiger partial charge is 0.0534 e. The van der Waals surface area contributed by atoms with Crippen LogP contribution in [0.2, 0.25) is 5.02 Å². The molecule has 0 unspecified atom stereocenters. The Labute approximate surface area is 83.7 Å². The maximum Gasteiger partial charge on any atom is 0.0534 e. The van der Waals surface area contributed by atoms with Gasteiger partial charge in [-0.05, 0) is 17.2 Å². The highest BCUT2D eigenvalue weighted by Gasteiger charge is 2.10. The van der Waals surface area contributed by atoms with Crippen molar-refractivity contribution in [1.29, 1.82) is 0 Å². The van der Waals surface area contributed by atoms with Gasteiger partial charge in [-0.2, -0.15) is 0 Å². The molecule has 0 saturated carbocycles. The van der Waals surface area contributed by atoms with E-state index in [9.17, 15) is 0 Å². The molecule has 1 N–H and O–H groups in total. The highest BCUT2D eigenvalue weighted by molar-refractivity contribution is 6.32. The zero-order chi connectivity index (χ0) is 9.84. The quantitative estimate of drug-likeness (QED) is 0.787. The SMILES string of the molecule is C=Cc1c(Cl)cccc1[C](C)CO.